The van der Waals surface area contributed by atoms with Gasteiger partial charge in [0, 0.05) is 11.6 Å². The van der Waals surface area contributed by atoms with E-state index in [1.165, 1.54) is 0 Å². The van der Waals surface area contributed by atoms with Crippen LogP contribution >= 0.6 is 11.6 Å². The second-order valence-corrected chi connectivity index (χ2v) is 6.93. The van der Waals surface area contributed by atoms with Gasteiger partial charge in [-0.15, -0.1) is 0 Å². The zero-order valence-corrected chi connectivity index (χ0v) is 18.0. The van der Waals surface area contributed by atoms with Crippen molar-refractivity contribution < 1.29 is 14.2 Å². The Kier molecular flexibility index (Phi) is 7.00. The summed E-state index contributed by atoms with van der Waals surface area (Å²) in [5.41, 5.74) is 1.13. The van der Waals surface area contributed by atoms with Gasteiger partial charge in [-0.2, -0.15) is 0 Å². The first-order valence-electron chi connectivity index (χ1n) is 9.88. The minimum Gasteiger partial charge on any atom is -0.490 e. The first-order valence-corrected chi connectivity index (χ1v) is 10.3. The highest BCUT2D eigenvalue weighted by atomic mass is 35.5. The molecule has 6 nitrogen and oxygen atoms in total. The van der Waals surface area contributed by atoms with E-state index in [0.717, 1.165) is 5.56 Å². The van der Waals surface area contributed by atoms with Crippen molar-refractivity contribution >= 4 is 17.3 Å². The van der Waals surface area contributed by atoms with Crippen molar-refractivity contribution in [2.75, 3.05) is 25.1 Å². The number of rotatable bonds is 10. The zero-order valence-electron chi connectivity index (χ0n) is 17.2. The molecule has 158 valence electrons. The molecule has 3 rings (SSSR count). The standard InChI is InChI=1S/C23H24ClNO5/c1-4-28-17-11-14(12-18(29-5-2)23(17)30-6-3)13-25-20-19(21(26)22(20)27)15-7-9-16(24)10-8-15/h7-12,25H,4-6,13H2,1-3H3. The van der Waals surface area contributed by atoms with Crippen LogP contribution in [0, 0.1) is 0 Å². The highest BCUT2D eigenvalue weighted by Crippen LogP contribution is 2.39. The molecule has 0 aromatic heterocycles. The van der Waals surface area contributed by atoms with Gasteiger partial charge >= 0.3 is 0 Å². The van der Waals surface area contributed by atoms with Gasteiger partial charge in [-0.05, 0) is 56.2 Å². The van der Waals surface area contributed by atoms with Crippen molar-refractivity contribution in [2.24, 2.45) is 0 Å². The summed E-state index contributed by atoms with van der Waals surface area (Å²) >= 11 is 5.92. The SMILES string of the molecule is CCOc1cc(CNc2c(-c3ccc(Cl)cc3)c(=O)c2=O)cc(OCC)c1OCC. The van der Waals surface area contributed by atoms with Crippen molar-refractivity contribution in [2.45, 2.75) is 27.3 Å². The van der Waals surface area contributed by atoms with Crippen molar-refractivity contribution in [1.82, 2.24) is 0 Å². The molecule has 1 N–H and O–H groups in total. The fraction of sp³-hybridized carbons (Fsp3) is 0.304. The van der Waals surface area contributed by atoms with Gasteiger partial charge in [-0.25, -0.2) is 0 Å². The van der Waals surface area contributed by atoms with Gasteiger partial charge in [0.15, 0.2) is 11.5 Å². The summed E-state index contributed by atoms with van der Waals surface area (Å²) in [5, 5.41) is 3.66. The minimum absolute atomic E-state index is 0.298. The second kappa shape index (κ2) is 9.67. The average molecular weight is 430 g/mol. The largest absolute Gasteiger partial charge is 0.490 e. The van der Waals surface area contributed by atoms with E-state index in [9.17, 15) is 9.59 Å². The topological polar surface area (TPSA) is 73.9 Å². The summed E-state index contributed by atoms with van der Waals surface area (Å²) in [7, 11) is 0. The summed E-state index contributed by atoms with van der Waals surface area (Å²) in [6.45, 7) is 7.42. The molecule has 0 bridgehead atoms. The normalized spacial score (nSPS) is 10.8. The van der Waals surface area contributed by atoms with Crippen molar-refractivity contribution in [3.05, 3.63) is 67.4 Å². The zero-order chi connectivity index (χ0) is 21.7. The number of ether oxygens (including phenoxy) is 3. The van der Waals surface area contributed by atoms with Crippen molar-refractivity contribution in [3.8, 4) is 28.4 Å². The number of halogens is 1. The van der Waals surface area contributed by atoms with Crippen LogP contribution in [0.2, 0.25) is 5.02 Å². The Morgan fingerprint density at radius 3 is 1.93 bits per heavy atom. The third-order valence-electron chi connectivity index (χ3n) is 4.48. The monoisotopic (exact) mass is 429 g/mol. The van der Waals surface area contributed by atoms with Gasteiger partial charge < -0.3 is 19.5 Å². The Morgan fingerprint density at radius 2 is 1.40 bits per heavy atom. The minimum atomic E-state index is -0.527. The van der Waals surface area contributed by atoms with Gasteiger partial charge in [0.1, 0.15) is 0 Å². The number of hydrogen-bond acceptors (Lipinski definition) is 6. The number of nitrogens with one attached hydrogen (secondary N) is 1. The van der Waals surface area contributed by atoms with Crippen LogP contribution < -0.4 is 30.4 Å². The van der Waals surface area contributed by atoms with Crippen LogP contribution in [-0.4, -0.2) is 19.8 Å². The quantitative estimate of drug-likeness (QED) is 0.481. The summed E-state index contributed by atoms with van der Waals surface area (Å²) in [4.78, 5) is 24.3. The Morgan fingerprint density at radius 1 is 0.833 bits per heavy atom. The van der Waals surface area contributed by atoms with E-state index in [-0.39, 0.29) is 0 Å². The number of benzene rings is 2. The molecule has 0 aliphatic rings. The van der Waals surface area contributed by atoms with E-state index < -0.39 is 10.9 Å². The van der Waals surface area contributed by atoms with E-state index in [0.29, 0.717) is 65.5 Å². The first kappa shape index (κ1) is 21.7. The Labute approximate surface area is 180 Å². The third-order valence-corrected chi connectivity index (χ3v) is 4.73. The highest BCUT2D eigenvalue weighted by Gasteiger charge is 2.22. The molecule has 0 aliphatic heterocycles. The van der Waals surface area contributed by atoms with Gasteiger partial charge in [-0.1, -0.05) is 23.7 Å². The van der Waals surface area contributed by atoms with E-state index in [4.69, 9.17) is 25.8 Å². The molecule has 0 amide bonds. The molecule has 0 unspecified atom stereocenters. The predicted octanol–water partition coefficient (Wildman–Crippen LogP) is 4.41. The van der Waals surface area contributed by atoms with E-state index >= 15 is 0 Å². The van der Waals surface area contributed by atoms with Gasteiger partial charge in [0.05, 0.1) is 31.1 Å². The first-order chi connectivity index (χ1) is 14.5. The maximum Gasteiger partial charge on any atom is 0.250 e. The molecule has 7 heteroatoms. The molecule has 0 spiro atoms. The molecule has 0 heterocycles. The molecule has 3 aromatic rings. The van der Waals surface area contributed by atoms with Crippen LogP contribution in [0.1, 0.15) is 26.3 Å². The molecule has 0 aliphatic carbocycles. The van der Waals surface area contributed by atoms with Gasteiger partial charge in [-0.3, -0.25) is 9.59 Å². The molecular formula is C23H24ClNO5. The lowest BCUT2D eigenvalue weighted by molar-refractivity contribution is 0.260. The van der Waals surface area contributed by atoms with Gasteiger partial charge in [0.2, 0.25) is 16.6 Å². The maximum absolute atomic E-state index is 12.1. The lowest BCUT2D eigenvalue weighted by Crippen LogP contribution is -2.36. The molecule has 0 saturated carbocycles. The Bertz CT molecular complexity index is 1060. The molecule has 0 fully saturated rings. The number of anilines is 1. The molecule has 0 saturated heterocycles. The summed E-state index contributed by atoms with van der Waals surface area (Å²) in [5.74, 6) is 1.70. The second-order valence-electron chi connectivity index (χ2n) is 6.49. The fourth-order valence-electron chi connectivity index (χ4n) is 3.19. The van der Waals surface area contributed by atoms with Crippen LogP contribution in [0.15, 0.2) is 46.0 Å². The third kappa shape index (κ3) is 4.44. The van der Waals surface area contributed by atoms with Crippen LogP contribution in [-0.2, 0) is 6.54 Å². The number of hydrogen-bond donors (Lipinski definition) is 1. The summed E-state index contributed by atoms with van der Waals surface area (Å²) in [6, 6.07) is 10.5. The predicted molar refractivity (Wildman–Crippen MR) is 119 cm³/mol. The van der Waals surface area contributed by atoms with Crippen LogP contribution in [0.25, 0.3) is 11.1 Å². The summed E-state index contributed by atoms with van der Waals surface area (Å²) < 4.78 is 17.2. The smallest absolute Gasteiger partial charge is 0.250 e. The Hall–Kier alpha value is -2.99. The average Bonchev–Trinajstić information content (AvgIpc) is 2.74. The molecular weight excluding hydrogens is 406 g/mol. The van der Waals surface area contributed by atoms with Crippen molar-refractivity contribution in [3.63, 3.8) is 0 Å². The molecule has 3 aromatic carbocycles. The van der Waals surface area contributed by atoms with E-state index in [1.54, 1.807) is 24.3 Å². The van der Waals surface area contributed by atoms with E-state index in [1.807, 2.05) is 32.9 Å². The van der Waals surface area contributed by atoms with Crippen LogP contribution in [0.5, 0.6) is 17.2 Å². The maximum atomic E-state index is 12.1. The molecule has 0 atom stereocenters. The lowest BCUT2D eigenvalue weighted by Gasteiger charge is -2.18. The molecule has 0 radical (unpaired) electrons. The van der Waals surface area contributed by atoms with Crippen LogP contribution in [0.3, 0.4) is 0 Å². The fourth-order valence-corrected chi connectivity index (χ4v) is 3.31. The highest BCUT2D eigenvalue weighted by molar-refractivity contribution is 6.30. The molecule has 30 heavy (non-hydrogen) atoms. The summed E-state index contributed by atoms with van der Waals surface area (Å²) in [6.07, 6.45) is 0. The van der Waals surface area contributed by atoms with Crippen molar-refractivity contribution in [1.29, 1.82) is 0 Å². The van der Waals surface area contributed by atoms with Crippen LogP contribution in [0.4, 0.5) is 5.69 Å². The lowest BCUT2D eigenvalue weighted by atomic mass is 9.98. The van der Waals surface area contributed by atoms with Gasteiger partial charge in [0.25, 0.3) is 0 Å². The Balaban J connectivity index is 1.89. The van der Waals surface area contributed by atoms with E-state index in [2.05, 4.69) is 5.32 Å².